The Bertz CT molecular complexity index is 526. The number of ether oxygens (including phenoxy) is 2. The number of benzene rings is 1. The molecule has 0 unspecified atom stereocenters. The van der Waals surface area contributed by atoms with E-state index < -0.39 is 0 Å². The van der Waals surface area contributed by atoms with Crippen LogP contribution in [-0.4, -0.2) is 90.7 Å². The number of nitrogens with zero attached hydrogens (tertiary/aromatic N) is 4. The fourth-order valence-corrected chi connectivity index (χ4v) is 3.84. The molecule has 0 spiro atoms. The van der Waals surface area contributed by atoms with E-state index in [9.17, 15) is 0 Å². The first-order chi connectivity index (χ1) is 12.3. The van der Waals surface area contributed by atoms with Crippen molar-refractivity contribution in [3.05, 3.63) is 18.2 Å². The van der Waals surface area contributed by atoms with E-state index in [2.05, 4.69) is 44.8 Å². The van der Waals surface area contributed by atoms with Crippen molar-refractivity contribution in [2.75, 3.05) is 101 Å². The third-order valence-corrected chi connectivity index (χ3v) is 5.51. The van der Waals surface area contributed by atoms with Gasteiger partial charge in [0.05, 0.1) is 26.4 Å². The van der Waals surface area contributed by atoms with E-state index in [1.807, 2.05) is 0 Å². The Morgan fingerprint density at radius 3 is 1.32 bits per heavy atom. The van der Waals surface area contributed by atoms with Gasteiger partial charge in [0.1, 0.15) is 0 Å². The van der Waals surface area contributed by atoms with Crippen molar-refractivity contribution in [3.8, 4) is 0 Å². The third-order valence-electron chi connectivity index (χ3n) is 5.51. The molecule has 0 saturated carbocycles. The molecule has 0 aromatic heterocycles. The molecule has 25 heavy (non-hydrogen) atoms. The SMILES string of the molecule is CN1CCN(c2cc(N3CCOCC3)cc(N3CCOCC3)c2)CC1. The summed E-state index contributed by atoms with van der Waals surface area (Å²) in [5, 5.41) is 0. The van der Waals surface area contributed by atoms with Crippen molar-refractivity contribution in [2.45, 2.75) is 0 Å². The molecule has 0 radical (unpaired) electrons. The molecule has 1 aromatic carbocycles. The minimum Gasteiger partial charge on any atom is -0.378 e. The maximum absolute atomic E-state index is 5.54. The summed E-state index contributed by atoms with van der Waals surface area (Å²) < 4.78 is 11.1. The summed E-state index contributed by atoms with van der Waals surface area (Å²) >= 11 is 0. The molecule has 1 aromatic rings. The van der Waals surface area contributed by atoms with Gasteiger partial charge in [0.15, 0.2) is 0 Å². The largest absolute Gasteiger partial charge is 0.378 e. The maximum atomic E-state index is 5.54. The van der Waals surface area contributed by atoms with Crippen molar-refractivity contribution < 1.29 is 9.47 Å². The van der Waals surface area contributed by atoms with Crippen molar-refractivity contribution in [1.29, 1.82) is 0 Å². The number of hydrogen-bond acceptors (Lipinski definition) is 6. The summed E-state index contributed by atoms with van der Waals surface area (Å²) in [5.74, 6) is 0. The molecule has 3 aliphatic heterocycles. The lowest BCUT2D eigenvalue weighted by molar-refractivity contribution is 0.122. The van der Waals surface area contributed by atoms with Crippen molar-refractivity contribution in [1.82, 2.24) is 4.90 Å². The highest BCUT2D eigenvalue weighted by molar-refractivity contribution is 5.70. The fourth-order valence-electron chi connectivity index (χ4n) is 3.84. The average molecular weight is 346 g/mol. The molecule has 0 atom stereocenters. The van der Waals surface area contributed by atoms with Crippen LogP contribution in [0.25, 0.3) is 0 Å². The number of hydrogen-bond donors (Lipinski definition) is 0. The van der Waals surface area contributed by atoms with E-state index in [0.29, 0.717) is 0 Å². The lowest BCUT2D eigenvalue weighted by Gasteiger charge is -2.37. The molecular weight excluding hydrogens is 316 g/mol. The second kappa shape index (κ2) is 7.81. The predicted octanol–water partition coefficient (Wildman–Crippen LogP) is 1.11. The van der Waals surface area contributed by atoms with Crippen molar-refractivity contribution in [2.24, 2.45) is 0 Å². The second-order valence-corrected chi connectivity index (χ2v) is 7.20. The van der Waals surface area contributed by atoms with Gasteiger partial charge in [0, 0.05) is 69.4 Å². The Morgan fingerprint density at radius 2 is 0.920 bits per heavy atom. The molecule has 0 N–H and O–H groups in total. The first-order valence-corrected chi connectivity index (χ1v) is 9.53. The van der Waals surface area contributed by atoms with E-state index in [-0.39, 0.29) is 0 Å². The Morgan fingerprint density at radius 1 is 0.560 bits per heavy atom. The number of anilines is 3. The minimum atomic E-state index is 0.825. The first kappa shape index (κ1) is 16.9. The van der Waals surface area contributed by atoms with Gasteiger partial charge in [0.2, 0.25) is 0 Å². The lowest BCUT2D eigenvalue weighted by Crippen LogP contribution is -2.44. The highest BCUT2D eigenvalue weighted by Gasteiger charge is 2.20. The summed E-state index contributed by atoms with van der Waals surface area (Å²) in [7, 11) is 2.21. The van der Waals surface area contributed by atoms with Crippen LogP contribution in [0.3, 0.4) is 0 Å². The Kier molecular flexibility index (Phi) is 5.29. The standard InChI is InChI=1S/C19H30N4O2/c1-20-2-4-21(5-3-20)17-14-18(22-6-10-24-11-7-22)16-19(15-17)23-8-12-25-13-9-23/h14-16H,2-13H2,1H3. The Labute approximate surface area is 150 Å². The van der Waals surface area contributed by atoms with Gasteiger partial charge in [-0.25, -0.2) is 0 Å². The van der Waals surface area contributed by atoms with E-state index in [1.165, 1.54) is 17.1 Å². The quantitative estimate of drug-likeness (QED) is 0.815. The predicted molar refractivity (Wildman–Crippen MR) is 102 cm³/mol. The molecular formula is C19H30N4O2. The highest BCUT2D eigenvalue weighted by Crippen LogP contribution is 2.31. The second-order valence-electron chi connectivity index (χ2n) is 7.20. The molecule has 0 amide bonds. The van der Waals surface area contributed by atoms with Gasteiger partial charge < -0.3 is 29.1 Å². The molecule has 138 valence electrons. The maximum Gasteiger partial charge on any atom is 0.0642 e. The first-order valence-electron chi connectivity index (χ1n) is 9.53. The zero-order valence-electron chi connectivity index (χ0n) is 15.3. The molecule has 3 heterocycles. The lowest BCUT2D eigenvalue weighted by atomic mass is 10.1. The summed E-state index contributed by atoms with van der Waals surface area (Å²) in [6.07, 6.45) is 0. The van der Waals surface area contributed by atoms with Crippen LogP contribution in [0.15, 0.2) is 18.2 Å². The zero-order valence-corrected chi connectivity index (χ0v) is 15.3. The highest BCUT2D eigenvalue weighted by atomic mass is 16.5. The van der Waals surface area contributed by atoms with E-state index in [0.717, 1.165) is 78.8 Å². The summed E-state index contributed by atoms with van der Waals surface area (Å²) in [6, 6.07) is 7.11. The fraction of sp³-hybridized carbons (Fsp3) is 0.684. The molecule has 3 fully saturated rings. The molecule has 6 nitrogen and oxygen atoms in total. The zero-order chi connectivity index (χ0) is 17.1. The summed E-state index contributed by atoms with van der Waals surface area (Å²) in [4.78, 5) is 9.87. The summed E-state index contributed by atoms with van der Waals surface area (Å²) in [6.45, 7) is 11.7. The van der Waals surface area contributed by atoms with Gasteiger partial charge >= 0.3 is 0 Å². The van der Waals surface area contributed by atoms with Crippen LogP contribution in [0.2, 0.25) is 0 Å². The molecule has 0 aliphatic carbocycles. The van der Waals surface area contributed by atoms with Crippen LogP contribution in [0.1, 0.15) is 0 Å². The van der Waals surface area contributed by atoms with Crippen LogP contribution in [0.5, 0.6) is 0 Å². The molecule has 3 aliphatic rings. The number of piperazine rings is 1. The topological polar surface area (TPSA) is 31.4 Å². The van der Waals surface area contributed by atoms with Crippen molar-refractivity contribution in [3.63, 3.8) is 0 Å². The molecule has 6 heteroatoms. The van der Waals surface area contributed by atoms with E-state index >= 15 is 0 Å². The van der Waals surface area contributed by atoms with Gasteiger partial charge in [-0.1, -0.05) is 0 Å². The molecule has 4 rings (SSSR count). The van der Waals surface area contributed by atoms with E-state index in [4.69, 9.17) is 9.47 Å². The smallest absolute Gasteiger partial charge is 0.0642 e. The monoisotopic (exact) mass is 346 g/mol. The van der Waals surface area contributed by atoms with Gasteiger partial charge in [-0.3, -0.25) is 0 Å². The number of likely N-dealkylation sites (N-methyl/N-ethyl adjacent to an activating group) is 1. The average Bonchev–Trinajstić information content (AvgIpc) is 2.69. The normalized spacial score (nSPS) is 23.2. The molecule has 0 bridgehead atoms. The molecule has 3 saturated heterocycles. The van der Waals surface area contributed by atoms with Crippen LogP contribution in [0.4, 0.5) is 17.1 Å². The van der Waals surface area contributed by atoms with Crippen LogP contribution >= 0.6 is 0 Å². The Hall–Kier alpha value is -1.50. The number of rotatable bonds is 3. The van der Waals surface area contributed by atoms with Gasteiger partial charge in [-0.05, 0) is 25.2 Å². The van der Waals surface area contributed by atoms with Crippen LogP contribution in [0, 0.1) is 0 Å². The number of morpholine rings is 2. The van der Waals surface area contributed by atoms with Crippen molar-refractivity contribution >= 4 is 17.1 Å². The van der Waals surface area contributed by atoms with Gasteiger partial charge in [-0.15, -0.1) is 0 Å². The summed E-state index contributed by atoms with van der Waals surface area (Å²) in [5.41, 5.74) is 4.03. The minimum absolute atomic E-state index is 0.825. The van der Waals surface area contributed by atoms with Gasteiger partial charge in [-0.2, -0.15) is 0 Å². The van der Waals surface area contributed by atoms with Crippen LogP contribution in [-0.2, 0) is 9.47 Å². The van der Waals surface area contributed by atoms with Gasteiger partial charge in [0.25, 0.3) is 0 Å². The Balaban J connectivity index is 1.61. The third kappa shape index (κ3) is 4.02. The van der Waals surface area contributed by atoms with Crippen LogP contribution < -0.4 is 14.7 Å². The van der Waals surface area contributed by atoms with E-state index in [1.54, 1.807) is 0 Å².